The Bertz CT molecular complexity index is 661. The van der Waals surface area contributed by atoms with Gasteiger partial charge in [-0.25, -0.2) is 4.98 Å². The molecule has 3 rings (SSSR count). The van der Waals surface area contributed by atoms with Gasteiger partial charge in [0.15, 0.2) is 4.96 Å². The molecule has 2 heterocycles. The summed E-state index contributed by atoms with van der Waals surface area (Å²) in [7, 11) is 0. The number of ether oxygens (including phenoxy) is 1. The molecule has 0 saturated heterocycles. The lowest BCUT2D eigenvalue weighted by Crippen LogP contribution is -1.96. The highest BCUT2D eigenvalue weighted by Crippen LogP contribution is 2.26. The van der Waals surface area contributed by atoms with Crippen molar-refractivity contribution in [2.24, 2.45) is 0 Å². The van der Waals surface area contributed by atoms with Crippen LogP contribution in [-0.4, -0.2) is 9.38 Å². The molecule has 0 spiro atoms. The van der Waals surface area contributed by atoms with Crippen molar-refractivity contribution in [1.29, 1.82) is 0 Å². The minimum Gasteiger partial charge on any atom is -0.486 e. The zero-order valence-electron chi connectivity index (χ0n) is 9.76. The second-order valence-electron chi connectivity index (χ2n) is 4.05. The van der Waals surface area contributed by atoms with E-state index in [4.69, 9.17) is 4.74 Å². The highest BCUT2D eigenvalue weighted by molar-refractivity contribution is 9.10. The molecule has 1 aromatic carbocycles. The summed E-state index contributed by atoms with van der Waals surface area (Å²) >= 11 is 5.12. The van der Waals surface area contributed by atoms with Gasteiger partial charge in [-0.1, -0.05) is 6.07 Å². The average Bonchev–Trinajstić information content (AvgIpc) is 2.88. The van der Waals surface area contributed by atoms with Crippen molar-refractivity contribution >= 4 is 32.2 Å². The fourth-order valence-corrected chi connectivity index (χ4v) is 3.05. The third-order valence-corrected chi connectivity index (χ3v) is 4.00. The largest absolute Gasteiger partial charge is 0.486 e. The lowest BCUT2D eigenvalue weighted by molar-refractivity contribution is 0.300. The number of rotatable bonds is 3. The number of benzene rings is 1. The van der Waals surface area contributed by atoms with E-state index in [-0.39, 0.29) is 0 Å². The van der Waals surface area contributed by atoms with Gasteiger partial charge in [-0.15, -0.1) is 11.3 Å². The number of thiazole rings is 1. The lowest BCUT2D eigenvalue weighted by atomic mass is 10.2. The highest BCUT2D eigenvalue weighted by atomic mass is 79.9. The predicted octanol–water partition coefficient (Wildman–Crippen LogP) is 4.05. The van der Waals surface area contributed by atoms with Crippen molar-refractivity contribution in [3.8, 4) is 5.75 Å². The van der Waals surface area contributed by atoms with Gasteiger partial charge in [-0.2, -0.15) is 0 Å². The summed E-state index contributed by atoms with van der Waals surface area (Å²) in [5, 5.41) is 2.02. The molecule has 0 fully saturated rings. The van der Waals surface area contributed by atoms with Gasteiger partial charge < -0.3 is 4.74 Å². The van der Waals surface area contributed by atoms with Crippen LogP contribution in [0.1, 0.15) is 11.3 Å². The molecule has 18 heavy (non-hydrogen) atoms. The molecule has 5 heteroatoms. The Hall–Kier alpha value is -1.33. The molecule has 0 bridgehead atoms. The fraction of sp³-hybridized carbons (Fsp3) is 0.154. The SMILES string of the molecule is Cc1ccc(OCc2cn3ccsc3n2)c(Br)c1. The molecule has 0 aliphatic carbocycles. The number of hydrogen-bond acceptors (Lipinski definition) is 3. The zero-order chi connectivity index (χ0) is 12.5. The molecule has 0 saturated carbocycles. The number of aromatic nitrogens is 2. The second kappa shape index (κ2) is 4.74. The van der Waals surface area contributed by atoms with Crippen molar-refractivity contribution < 1.29 is 4.74 Å². The third kappa shape index (κ3) is 2.28. The molecular formula is C13H11BrN2OS. The van der Waals surface area contributed by atoms with Crippen molar-refractivity contribution in [2.75, 3.05) is 0 Å². The van der Waals surface area contributed by atoms with Crippen molar-refractivity contribution in [1.82, 2.24) is 9.38 Å². The Morgan fingerprint density at radius 1 is 1.44 bits per heavy atom. The van der Waals surface area contributed by atoms with E-state index in [1.54, 1.807) is 11.3 Å². The van der Waals surface area contributed by atoms with E-state index in [1.165, 1.54) is 5.56 Å². The van der Waals surface area contributed by atoms with E-state index in [1.807, 2.05) is 40.4 Å². The minimum absolute atomic E-state index is 0.482. The second-order valence-corrected chi connectivity index (χ2v) is 5.77. The maximum absolute atomic E-state index is 5.76. The van der Waals surface area contributed by atoms with Crippen LogP contribution < -0.4 is 4.74 Å². The van der Waals surface area contributed by atoms with E-state index in [9.17, 15) is 0 Å². The van der Waals surface area contributed by atoms with Crippen LogP contribution in [0.2, 0.25) is 0 Å². The molecule has 92 valence electrons. The van der Waals surface area contributed by atoms with Crippen LogP contribution >= 0.6 is 27.3 Å². The Kier molecular flexibility index (Phi) is 3.09. The van der Waals surface area contributed by atoms with Gasteiger partial charge in [0.05, 0.1) is 10.2 Å². The fourth-order valence-electron chi connectivity index (χ4n) is 1.72. The highest BCUT2D eigenvalue weighted by Gasteiger charge is 2.05. The van der Waals surface area contributed by atoms with Crippen LogP contribution in [0.4, 0.5) is 0 Å². The van der Waals surface area contributed by atoms with Gasteiger partial charge in [-0.3, -0.25) is 4.40 Å². The van der Waals surface area contributed by atoms with Crippen LogP contribution in [0.3, 0.4) is 0 Å². The van der Waals surface area contributed by atoms with Crippen LogP contribution in [0, 0.1) is 6.92 Å². The Balaban J connectivity index is 1.76. The first-order valence-corrected chi connectivity index (χ1v) is 7.20. The molecule has 0 aliphatic heterocycles. The Morgan fingerprint density at radius 2 is 2.33 bits per heavy atom. The van der Waals surface area contributed by atoms with E-state index in [2.05, 4.69) is 27.8 Å². The summed E-state index contributed by atoms with van der Waals surface area (Å²) in [6.07, 6.45) is 3.99. The van der Waals surface area contributed by atoms with Gasteiger partial charge in [-0.05, 0) is 40.5 Å². The summed E-state index contributed by atoms with van der Waals surface area (Å²) in [4.78, 5) is 5.47. The number of imidazole rings is 1. The first-order chi connectivity index (χ1) is 8.72. The molecule has 0 atom stereocenters. The van der Waals surface area contributed by atoms with Crippen LogP contribution in [0.15, 0.2) is 40.4 Å². The number of fused-ring (bicyclic) bond motifs is 1. The lowest BCUT2D eigenvalue weighted by Gasteiger charge is -2.06. The van der Waals surface area contributed by atoms with E-state index < -0.39 is 0 Å². The molecule has 2 aromatic heterocycles. The summed E-state index contributed by atoms with van der Waals surface area (Å²) in [5.41, 5.74) is 2.14. The van der Waals surface area contributed by atoms with E-state index in [0.29, 0.717) is 6.61 Å². The summed E-state index contributed by atoms with van der Waals surface area (Å²) in [6, 6.07) is 6.05. The van der Waals surface area contributed by atoms with Crippen LogP contribution in [0.5, 0.6) is 5.75 Å². The number of aryl methyl sites for hydroxylation is 1. The first kappa shape index (κ1) is 11.7. The number of nitrogens with zero attached hydrogens (tertiary/aromatic N) is 2. The average molecular weight is 323 g/mol. The maximum Gasteiger partial charge on any atom is 0.193 e. The summed E-state index contributed by atoms with van der Waals surface area (Å²) in [6.45, 7) is 2.54. The Labute approximate surface area is 117 Å². The molecule has 3 nitrogen and oxygen atoms in total. The smallest absolute Gasteiger partial charge is 0.193 e. The van der Waals surface area contributed by atoms with Crippen molar-refractivity contribution in [3.05, 3.63) is 51.7 Å². The number of halogens is 1. The van der Waals surface area contributed by atoms with Crippen LogP contribution in [-0.2, 0) is 6.61 Å². The summed E-state index contributed by atoms with van der Waals surface area (Å²) in [5.74, 6) is 0.844. The van der Waals surface area contributed by atoms with Crippen molar-refractivity contribution in [2.45, 2.75) is 13.5 Å². The Morgan fingerprint density at radius 3 is 3.11 bits per heavy atom. The van der Waals surface area contributed by atoms with Gasteiger partial charge in [0, 0.05) is 17.8 Å². The van der Waals surface area contributed by atoms with E-state index >= 15 is 0 Å². The predicted molar refractivity (Wildman–Crippen MR) is 76.3 cm³/mol. The molecule has 0 N–H and O–H groups in total. The standard InChI is InChI=1S/C13H11BrN2OS/c1-9-2-3-12(11(14)6-9)17-8-10-7-16-4-5-18-13(16)15-10/h2-7H,8H2,1H3. The van der Waals surface area contributed by atoms with Crippen LogP contribution in [0.25, 0.3) is 4.96 Å². The normalized spacial score (nSPS) is 11.0. The molecule has 0 unspecified atom stereocenters. The minimum atomic E-state index is 0.482. The van der Waals surface area contributed by atoms with Crippen molar-refractivity contribution in [3.63, 3.8) is 0 Å². The van der Waals surface area contributed by atoms with E-state index in [0.717, 1.165) is 20.9 Å². The van der Waals surface area contributed by atoms with Gasteiger partial charge >= 0.3 is 0 Å². The summed E-state index contributed by atoms with van der Waals surface area (Å²) < 4.78 is 8.74. The quantitative estimate of drug-likeness (QED) is 0.727. The van der Waals surface area contributed by atoms with Gasteiger partial charge in [0.25, 0.3) is 0 Å². The maximum atomic E-state index is 5.76. The topological polar surface area (TPSA) is 26.5 Å². The molecule has 3 aromatic rings. The molecule has 0 aliphatic rings. The molecule has 0 radical (unpaired) electrons. The van der Waals surface area contributed by atoms with Gasteiger partial charge in [0.2, 0.25) is 0 Å². The molecular weight excluding hydrogens is 312 g/mol. The molecule has 0 amide bonds. The zero-order valence-corrected chi connectivity index (χ0v) is 12.2. The first-order valence-electron chi connectivity index (χ1n) is 5.52. The third-order valence-electron chi connectivity index (χ3n) is 2.61. The van der Waals surface area contributed by atoms with Gasteiger partial charge in [0.1, 0.15) is 12.4 Å². The monoisotopic (exact) mass is 322 g/mol. The number of hydrogen-bond donors (Lipinski definition) is 0.